The van der Waals surface area contributed by atoms with E-state index in [2.05, 4.69) is 44.7 Å². The Morgan fingerprint density at radius 3 is 2.20 bits per heavy atom. The number of carbonyl (C=O) groups is 1. The molecule has 20 heavy (non-hydrogen) atoms. The van der Waals surface area contributed by atoms with E-state index in [1.165, 1.54) is 12.0 Å². The van der Waals surface area contributed by atoms with Crippen LogP contribution in [0.15, 0.2) is 24.3 Å². The van der Waals surface area contributed by atoms with E-state index < -0.39 is 0 Å². The van der Waals surface area contributed by atoms with Crippen molar-refractivity contribution in [1.29, 1.82) is 0 Å². The molecule has 0 spiro atoms. The van der Waals surface area contributed by atoms with Gasteiger partial charge in [0.25, 0.3) is 0 Å². The summed E-state index contributed by atoms with van der Waals surface area (Å²) >= 11 is 0. The predicted molar refractivity (Wildman–Crippen MR) is 84.2 cm³/mol. The number of rotatable bonds is 4. The third-order valence-electron chi connectivity index (χ3n) is 4.21. The van der Waals surface area contributed by atoms with E-state index in [1.54, 1.807) is 0 Å². The first-order valence-electron chi connectivity index (χ1n) is 7.81. The molecule has 0 amide bonds. The Labute approximate surface area is 123 Å². The summed E-state index contributed by atoms with van der Waals surface area (Å²) in [5.41, 5.74) is 2.14. The van der Waals surface area contributed by atoms with Crippen LogP contribution in [0.5, 0.6) is 0 Å². The molecule has 2 atom stereocenters. The lowest BCUT2D eigenvalue weighted by Gasteiger charge is -2.34. The number of benzene rings is 1. The predicted octanol–water partition coefficient (Wildman–Crippen LogP) is 3.97. The van der Waals surface area contributed by atoms with Gasteiger partial charge in [-0.3, -0.25) is 9.69 Å². The van der Waals surface area contributed by atoms with Crippen molar-refractivity contribution in [2.24, 2.45) is 11.8 Å². The molecular weight excluding hydrogens is 246 g/mol. The zero-order chi connectivity index (χ0) is 14.7. The average Bonchev–Trinajstić information content (AvgIpc) is 2.37. The summed E-state index contributed by atoms with van der Waals surface area (Å²) in [5.74, 6) is 2.18. The molecule has 0 aliphatic carbocycles. The van der Waals surface area contributed by atoms with Crippen LogP contribution < -0.4 is 0 Å². The first-order chi connectivity index (χ1) is 9.45. The van der Waals surface area contributed by atoms with Crippen molar-refractivity contribution in [3.63, 3.8) is 0 Å². The molecule has 1 aliphatic rings. The van der Waals surface area contributed by atoms with Gasteiger partial charge in [-0.15, -0.1) is 0 Å². The fraction of sp³-hybridized carbons (Fsp3) is 0.611. The number of nitrogens with zero attached hydrogens (tertiary/aromatic N) is 1. The fourth-order valence-corrected chi connectivity index (χ4v) is 3.27. The Bertz CT molecular complexity index is 439. The molecule has 0 radical (unpaired) electrons. The van der Waals surface area contributed by atoms with Crippen molar-refractivity contribution in [1.82, 2.24) is 4.90 Å². The quantitative estimate of drug-likeness (QED) is 0.774. The van der Waals surface area contributed by atoms with E-state index in [1.807, 2.05) is 12.1 Å². The Balaban J connectivity index is 1.97. The Morgan fingerprint density at radius 2 is 1.70 bits per heavy atom. The second kappa shape index (κ2) is 6.53. The van der Waals surface area contributed by atoms with Crippen LogP contribution >= 0.6 is 0 Å². The molecule has 2 rings (SSSR count). The van der Waals surface area contributed by atoms with Crippen molar-refractivity contribution in [2.75, 3.05) is 19.6 Å². The van der Waals surface area contributed by atoms with Gasteiger partial charge in [-0.05, 0) is 29.7 Å². The lowest BCUT2D eigenvalue weighted by Crippen LogP contribution is -2.41. The second-order valence-electron chi connectivity index (χ2n) is 6.84. The molecule has 1 aliphatic heterocycles. The average molecular weight is 273 g/mol. The van der Waals surface area contributed by atoms with Gasteiger partial charge in [-0.1, -0.05) is 52.0 Å². The Morgan fingerprint density at radius 1 is 1.15 bits per heavy atom. The number of piperidine rings is 1. The van der Waals surface area contributed by atoms with E-state index >= 15 is 0 Å². The van der Waals surface area contributed by atoms with Crippen LogP contribution in [0.4, 0.5) is 0 Å². The number of Topliss-reactive ketones (excluding diaryl/α,β-unsaturated/α-hetero) is 1. The van der Waals surface area contributed by atoms with Crippen LogP contribution in [-0.4, -0.2) is 30.3 Å². The highest BCUT2D eigenvalue weighted by Crippen LogP contribution is 2.21. The van der Waals surface area contributed by atoms with Gasteiger partial charge in [0.1, 0.15) is 0 Å². The van der Waals surface area contributed by atoms with Gasteiger partial charge in [-0.2, -0.15) is 0 Å². The lowest BCUT2D eigenvalue weighted by molar-refractivity contribution is 0.0849. The fourth-order valence-electron chi connectivity index (χ4n) is 3.27. The van der Waals surface area contributed by atoms with Gasteiger partial charge < -0.3 is 0 Å². The molecule has 1 fully saturated rings. The molecule has 2 nitrogen and oxygen atoms in total. The zero-order valence-electron chi connectivity index (χ0n) is 13.2. The standard InChI is InChI=1S/C18H27NO/c1-13(2)16-5-7-17(8-6-16)18(20)12-19-10-14(3)9-15(4)11-19/h5-8,13-15H,9-12H2,1-4H3. The topological polar surface area (TPSA) is 20.3 Å². The number of likely N-dealkylation sites (tertiary alicyclic amines) is 1. The minimum atomic E-state index is 0.251. The van der Waals surface area contributed by atoms with Gasteiger partial charge in [0.2, 0.25) is 0 Å². The van der Waals surface area contributed by atoms with Crippen LogP contribution in [0.1, 0.15) is 56.0 Å². The van der Waals surface area contributed by atoms with Crippen molar-refractivity contribution in [2.45, 2.75) is 40.0 Å². The van der Waals surface area contributed by atoms with Crippen molar-refractivity contribution < 1.29 is 4.79 Å². The second-order valence-corrected chi connectivity index (χ2v) is 6.84. The number of carbonyl (C=O) groups excluding carboxylic acids is 1. The van der Waals surface area contributed by atoms with Gasteiger partial charge in [0, 0.05) is 18.7 Å². The summed E-state index contributed by atoms with van der Waals surface area (Å²) in [7, 11) is 0. The minimum Gasteiger partial charge on any atom is -0.295 e. The highest BCUT2D eigenvalue weighted by Gasteiger charge is 2.23. The molecule has 0 aromatic heterocycles. The minimum absolute atomic E-state index is 0.251. The van der Waals surface area contributed by atoms with Gasteiger partial charge in [0.15, 0.2) is 5.78 Å². The summed E-state index contributed by atoms with van der Waals surface area (Å²) < 4.78 is 0. The van der Waals surface area contributed by atoms with Crippen LogP contribution in [0.25, 0.3) is 0 Å². The highest BCUT2D eigenvalue weighted by molar-refractivity contribution is 5.97. The summed E-state index contributed by atoms with van der Waals surface area (Å²) in [5, 5.41) is 0. The molecular formula is C18H27NO. The number of ketones is 1. The SMILES string of the molecule is CC1CC(C)CN(CC(=O)c2ccc(C(C)C)cc2)C1. The maximum atomic E-state index is 12.4. The van der Waals surface area contributed by atoms with Crippen molar-refractivity contribution in [3.05, 3.63) is 35.4 Å². The number of hydrogen-bond donors (Lipinski definition) is 0. The molecule has 1 saturated heterocycles. The highest BCUT2D eigenvalue weighted by atomic mass is 16.1. The smallest absolute Gasteiger partial charge is 0.176 e. The maximum Gasteiger partial charge on any atom is 0.176 e. The number of hydrogen-bond acceptors (Lipinski definition) is 2. The molecule has 1 aromatic carbocycles. The molecule has 110 valence electrons. The zero-order valence-corrected chi connectivity index (χ0v) is 13.2. The summed E-state index contributed by atoms with van der Waals surface area (Å²) in [6.07, 6.45) is 1.29. The molecule has 0 bridgehead atoms. The summed E-state index contributed by atoms with van der Waals surface area (Å²) in [6.45, 7) is 11.6. The molecule has 0 saturated carbocycles. The van der Waals surface area contributed by atoms with Gasteiger partial charge in [0.05, 0.1) is 6.54 Å². The van der Waals surface area contributed by atoms with E-state index in [4.69, 9.17) is 0 Å². The lowest BCUT2D eigenvalue weighted by atomic mass is 9.91. The monoisotopic (exact) mass is 273 g/mol. The van der Waals surface area contributed by atoms with Crippen LogP contribution in [0.2, 0.25) is 0 Å². The first-order valence-corrected chi connectivity index (χ1v) is 7.81. The van der Waals surface area contributed by atoms with Crippen molar-refractivity contribution >= 4 is 5.78 Å². The van der Waals surface area contributed by atoms with Gasteiger partial charge >= 0.3 is 0 Å². The van der Waals surface area contributed by atoms with E-state index in [-0.39, 0.29) is 5.78 Å². The summed E-state index contributed by atoms with van der Waals surface area (Å²) in [4.78, 5) is 14.7. The van der Waals surface area contributed by atoms with Crippen LogP contribution in [0.3, 0.4) is 0 Å². The molecule has 2 heteroatoms. The largest absolute Gasteiger partial charge is 0.295 e. The molecule has 1 heterocycles. The van der Waals surface area contributed by atoms with E-state index in [0.29, 0.717) is 24.3 Å². The molecule has 1 aromatic rings. The normalized spacial score (nSPS) is 24.1. The third kappa shape index (κ3) is 3.92. The Kier molecular flexibility index (Phi) is 4.98. The van der Waals surface area contributed by atoms with Crippen molar-refractivity contribution in [3.8, 4) is 0 Å². The van der Waals surface area contributed by atoms with Gasteiger partial charge in [-0.25, -0.2) is 0 Å². The molecule has 2 unspecified atom stereocenters. The summed E-state index contributed by atoms with van der Waals surface area (Å²) in [6, 6.07) is 8.13. The van der Waals surface area contributed by atoms with E-state index in [0.717, 1.165) is 18.7 Å². The van der Waals surface area contributed by atoms with E-state index in [9.17, 15) is 4.79 Å². The Hall–Kier alpha value is -1.15. The van der Waals surface area contributed by atoms with Crippen LogP contribution in [-0.2, 0) is 0 Å². The molecule has 0 N–H and O–H groups in total. The third-order valence-corrected chi connectivity index (χ3v) is 4.21. The van der Waals surface area contributed by atoms with Crippen LogP contribution in [0, 0.1) is 11.8 Å². The first kappa shape index (κ1) is 15.2. The maximum absolute atomic E-state index is 12.4.